The van der Waals surface area contributed by atoms with Crippen molar-refractivity contribution in [2.75, 3.05) is 13.3 Å². The first-order valence-electron chi connectivity index (χ1n) is 8.55. The Bertz CT molecular complexity index is 819. The lowest BCUT2D eigenvalue weighted by atomic mass is 9.97. The maximum atomic E-state index is 12.7. The largest absolute Gasteiger partial charge is 0.454 e. The highest BCUT2D eigenvalue weighted by Gasteiger charge is 2.29. The summed E-state index contributed by atoms with van der Waals surface area (Å²) < 4.78 is 16.6. The summed E-state index contributed by atoms with van der Waals surface area (Å²) in [6.45, 7) is 7.64. The van der Waals surface area contributed by atoms with E-state index in [1.54, 1.807) is 0 Å². The predicted octanol–water partition coefficient (Wildman–Crippen LogP) is 2.83. The Hall–Kier alpha value is -2.50. The quantitative estimate of drug-likeness (QED) is 0.840. The highest BCUT2D eigenvalue weighted by Crippen LogP contribution is 2.33. The molecule has 6 nitrogen and oxygen atoms in total. The van der Waals surface area contributed by atoms with Crippen LogP contribution in [-0.4, -0.2) is 29.1 Å². The first kappa shape index (κ1) is 16.0. The minimum atomic E-state index is -0.126. The summed E-state index contributed by atoms with van der Waals surface area (Å²) in [6.07, 6.45) is 1.06. The molecule has 0 bridgehead atoms. The van der Waals surface area contributed by atoms with Crippen LogP contribution >= 0.6 is 0 Å². The molecule has 0 saturated carbocycles. The Morgan fingerprint density at radius 1 is 1.24 bits per heavy atom. The molecule has 6 heteroatoms. The molecular formula is C19H22N2O4. The number of fused-ring (bicyclic) bond motifs is 2. The summed E-state index contributed by atoms with van der Waals surface area (Å²) in [5.74, 6) is 3.18. The van der Waals surface area contributed by atoms with Crippen molar-refractivity contribution in [1.82, 2.24) is 9.88 Å². The van der Waals surface area contributed by atoms with E-state index >= 15 is 0 Å². The lowest BCUT2D eigenvalue weighted by Crippen LogP contribution is -2.36. The molecule has 1 aromatic carbocycles. The van der Waals surface area contributed by atoms with Gasteiger partial charge >= 0.3 is 0 Å². The van der Waals surface area contributed by atoms with Gasteiger partial charge in [0.2, 0.25) is 12.7 Å². The molecule has 0 fully saturated rings. The molecule has 2 aliphatic heterocycles. The van der Waals surface area contributed by atoms with E-state index in [2.05, 4.69) is 25.8 Å². The first-order chi connectivity index (χ1) is 11.9. The van der Waals surface area contributed by atoms with Gasteiger partial charge in [0, 0.05) is 18.4 Å². The van der Waals surface area contributed by atoms with Crippen LogP contribution in [0.1, 0.15) is 43.7 Å². The van der Waals surface area contributed by atoms with Crippen molar-refractivity contribution in [1.29, 1.82) is 0 Å². The van der Waals surface area contributed by atoms with Crippen LogP contribution in [0.15, 0.2) is 22.6 Å². The average molecular weight is 342 g/mol. The molecule has 0 atom stereocenters. The Morgan fingerprint density at radius 2 is 2.04 bits per heavy atom. The predicted molar refractivity (Wildman–Crippen MR) is 90.6 cm³/mol. The van der Waals surface area contributed by atoms with Gasteiger partial charge in [-0.3, -0.25) is 4.79 Å². The molecule has 1 aromatic heterocycles. The maximum absolute atomic E-state index is 12.7. The summed E-state index contributed by atoms with van der Waals surface area (Å²) in [5.41, 5.74) is 1.68. The number of oxazole rings is 1. The van der Waals surface area contributed by atoms with E-state index in [-0.39, 0.29) is 18.1 Å². The van der Waals surface area contributed by atoms with Crippen LogP contribution < -0.4 is 9.47 Å². The highest BCUT2D eigenvalue weighted by molar-refractivity contribution is 5.79. The van der Waals surface area contributed by atoms with Gasteiger partial charge in [-0.05, 0) is 17.7 Å². The van der Waals surface area contributed by atoms with Crippen molar-refractivity contribution in [2.24, 2.45) is 0 Å². The topological polar surface area (TPSA) is 64.8 Å². The molecular weight excluding hydrogens is 320 g/mol. The van der Waals surface area contributed by atoms with Gasteiger partial charge in [0.15, 0.2) is 17.4 Å². The molecule has 0 aliphatic carbocycles. The lowest BCUT2D eigenvalue weighted by molar-refractivity contribution is -0.131. The number of amides is 1. The van der Waals surface area contributed by atoms with E-state index in [0.29, 0.717) is 31.7 Å². The molecule has 1 amide bonds. The maximum Gasteiger partial charge on any atom is 0.231 e. The number of benzene rings is 1. The van der Waals surface area contributed by atoms with E-state index < -0.39 is 0 Å². The van der Waals surface area contributed by atoms with Crippen molar-refractivity contribution in [2.45, 2.75) is 45.6 Å². The average Bonchev–Trinajstić information content (AvgIpc) is 3.19. The van der Waals surface area contributed by atoms with E-state index in [1.807, 2.05) is 23.1 Å². The minimum Gasteiger partial charge on any atom is -0.454 e. The van der Waals surface area contributed by atoms with Crippen LogP contribution in [0.2, 0.25) is 0 Å². The van der Waals surface area contributed by atoms with Crippen LogP contribution in [0, 0.1) is 0 Å². The van der Waals surface area contributed by atoms with Gasteiger partial charge < -0.3 is 18.8 Å². The van der Waals surface area contributed by atoms with Crippen molar-refractivity contribution in [3.63, 3.8) is 0 Å². The second-order valence-electron chi connectivity index (χ2n) is 7.57. The van der Waals surface area contributed by atoms with Crippen LogP contribution in [0.4, 0.5) is 0 Å². The van der Waals surface area contributed by atoms with Crippen molar-refractivity contribution in [3.8, 4) is 11.5 Å². The monoisotopic (exact) mass is 342 g/mol. The Kier molecular flexibility index (Phi) is 3.71. The third-order valence-electron chi connectivity index (χ3n) is 4.51. The summed E-state index contributed by atoms with van der Waals surface area (Å²) in [6, 6.07) is 5.64. The van der Waals surface area contributed by atoms with Crippen LogP contribution in [0.3, 0.4) is 0 Å². The van der Waals surface area contributed by atoms with Gasteiger partial charge in [0.1, 0.15) is 11.5 Å². The SMILES string of the molecule is CC(C)(C)c1nc2c(o1)CCN(C(=O)Cc1ccc3c(c1)OCO3)C2. The Labute approximate surface area is 146 Å². The smallest absolute Gasteiger partial charge is 0.231 e. The zero-order valence-corrected chi connectivity index (χ0v) is 14.8. The number of aromatic nitrogens is 1. The zero-order chi connectivity index (χ0) is 17.6. The number of nitrogens with zero attached hydrogens (tertiary/aromatic N) is 2. The summed E-state index contributed by atoms with van der Waals surface area (Å²) >= 11 is 0. The summed E-state index contributed by atoms with van der Waals surface area (Å²) in [7, 11) is 0. The van der Waals surface area contributed by atoms with E-state index in [0.717, 1.165) is 28.7 Å². The fraction of sp³-hybridized carbons (Fsp3) is 0.474. The van der Waals surface area contributed by atoms with Gasteiger partial charge in [-0.15, -0.1) is 0 Å². The van der Waals surface area contributed by atoms with Gasteiger partial charge in [-0.25, -0.2) is 4.98 Å². The van der Waals surface area contributed by atoms with Crippen molar-refractivity contribution < 1.29 is 18.7 Å². The van der Waals surface area contributed by atoms with E-state index in [4.69, 9.17) is 13.9 Å². The molecule has 0 saturated heterocycles. The molecule has 2 aromatic rings. The third kappa shape index (κ3) is 3.08. The number of hydrogen-bond acceptors (Lipinski definition) is 5. The number of carbonyl (C=O) groups excluding carboxylic acids is 1. The number of ether oxygens (including phenoxy) is 2. The highest BCUT2D eigenvalue weighted by atomic mass is 16.7. The Morgan fingerprint density at radius 3 is 2.84 bits per heavy atom. The van der Waals surface area contributed by atoms with E-state index in [9.17, 15) is 4.79 Å². The molecule has 4 rings (SSSR count). The third-order valence-corrected chi connectivity index (χ3v) is 4.51. The first-order valence-corrected chi connectivity index (χ1v) is 8.55. The molecule has 0 N–H and O–H groups in total. The number of hydrogen-bond donors (Lipinski definition) is 0. The second-order valence-corrected chi connectivity index (χ2v) is 7.57. The molecule has 2 aliphatic rings. The van der Waals surface area contributed by atoms with Crippen molar-refractivity contribution >= 4 is 5.91 Å². The van der Waals surface area contributed by atoms with Gasteiger partial charge in [-0.1, -0.05) is 26.8 Å². The second kappa shape index (κ2) is 5.79. The van der Waals surface area contributed by atoms with Crippen LogP contribution in [0.5, 0.6) is 11.5 Å². The van der Waals surface area contributed by atoms with Gasteiger partial charge in [-0.2, -0.15) is 0 Å². The fourth-order valence-corrected chi connectivity index (χ4v) is 3.07. The zero-order valence-electron chi connectivity index (χ0n) is 14.8. The van der Waals surface area contributed by atoms with Crippen LogP contribution in [0.25, 0.3) is 0 Å². The van der Waals surface area contributed by atoms with Crippen LogP contribution in [-0.2, 0) is 29.6 Å². The molecule has 0 radical (unpaired) electrons. The summed E-state index contributed by atoms with van der Waals surface area (Å²) in [4.78, 5) is 19.1. The van der Waals surface area contributed by atoms with E-state index in [1.165, 1.54) is 0 Å². The Balaban J connectivity index is 1.46. The molecule has 3 heterocycles. The van der Waals surface area contributed by atoms with Crippen molar-refractivity contribution in [3.05, 3.63) is 41.1 Å². The van der Waals surface area contributed by atoms with Gasteiger partial charge in [0.25, 0.3) is 0 Å². The molecule has 0 unspecified atom stereocenters. The minimum absolute atomic E-state index is 0.0878. The normalized spacial score (nSPS) is 16.0. The fourth-order valence-electron chi connectivity index (χ4n) is 3.07. The number of rotatable bonds is 2. The standard InChI is InChI=1S/C19H22N2O4/c1-19(2,3)18-20-13-10-21(7-6-14(13)25-18)17(22)9-12-4-5-15-16(8-12)24-11-23-15/h4-5,8H,6-7,9-11H2,1-3H3. The summed E-state index contributed by atoms with van der Waals surface area (Å²) in [5, 5.41) is 0. The molecule has 25 heavy (non-hydrogen) atoms. The lowest BCUT2D eigenvalue weighted by Gasteiger charge is -2.25. The van der Waals surface area contributed by atoms with Gasteiger partial charge in [0.05, 0.1) is 13.0 Å². The molecule has 0 spiro atoms. The molecule has 132 valence electrons. The number of carbonyl (C=O) groups is 1.